The molecule has 0 saturated carbocycles. The first-order valence-electron chi connectivity index (χ1n) is 7.23. The van der Waals surface area contributed by atoms with E-state index >= 15 is 0 Å². The Morgan fingerprint density at radius 3 is 2.57 bits per heavy atom. The molecule has 0 amide bonds. The van der Waals surface area contributed by atoms with Crippen molar-refractivity contribution in [2.24, 2.45) is 4.99 Å². The summed E-state index contributed by atoms with van der Waals surface area (Å²) in [5.41, 5.74) is 2.85. The number of aryl methyl sites for hydroxylation is 1. The van der Waals surface area contributed by atoms with Crippen molar-refractivity contribution in [3.05, 3.63) is 53.6 Å². The van der Waals surface area contributed by atoms with Crippen LogP contribution in [0, 0.1) is 0 Å². The van der Waals surface area contributed by atoms with Gasteiger partial charge in [-0.2, -0.15) is 0 Å². The Morgan fingerprint density at radius 2 is 1.90 bits per heavy atom. The third-order valence-electron chi connectivity index (χ3n) is 3.34. The van der Waals surface area contributed by atoms with Crippen LogP contribution in [0.3, 0.4) is 0 Å². The summed E-state index contributed by atoms with van der Waals surface area (Å²) < 4.78 is 5.14. The molecular formula is C18H21NO2. The summed E-state index contributed by atoms with van der Waals surface area (Å²) in [5, 5.41) is 9.80. The number of nitrogens with zero attached hydrogens (tertiary/aromatic N) is 1. The zero-order valence-electron chi connectivity index (χ0n) is 12.5. The summed E-state index contributed by atoms with van der Waals surface area (Å²) in [6.45, 7) is 2.19. The van der Waals surface area contributed by atoms with Gasteiger partial charge in [-0.25, -0.2) is 0 Å². The molecule has 0 heterocycles. The molecule has 21 heavy (non-hydrogen) atoms. The lowest BCUT2D eigenvalue weighted by Crippen LogP contribution is -1.87. The lowest BCUT2D eigenvalue weighted by Gasteiger charge is -2.03. The van der Waals surface area contributed by atoms with Crippen LogP contribution in [0.5, 0.6) is 11.5 Å². The third-order valence-corrected chi connectivity index (χ3v) is 3.34. The van der Waals surface area contributed by atoms with Crippen LogP contribution in [-0.2, 0) is 6.42 Å². The number of methoxy groups -OCH3 is 1. The van der Waals surface area contributed by atoms with Crippen molar-refractivity contribution >= 4 is 11.9 Å². The van der Waals surface area contributed by atoms with Crippen LogP contribution in [0.15, 0.2) is 47.5 Å². The Kier molecular flexibility index (Phi) is 5.38. The Morgan fingerprint density at radius 1 is 1.14 bits per heavy atom. The minimum atomic E-state index is 0.194. The first kappa shape index (κ1) is 15.1. The normalized spacial score (nSPS) is 11.0. The molecule has 110 valence electrons. The van der Waals surface area contributed by atoms with Crippen LogP contribution >= 0.6 is 0 Å². The monoisotopic (exact) mass is 283 g/mol. The second-order valence-electron chi connectivity index (χ2n) is 4.95. The number of ether oxygens (including phenoxy) is 1. The van der Waals surface area contributed by atoms with Crippen LogP contribution in [0.4, 0.5) is 5.69 Å². The number of hydrogen-bond acceptors (Lipinski definition) is 3. The highest BCUT2D eigenvalue weighted by Crippen LogP contribution is 2.22. The molecule has 0 unspecified atom stereocenters. The standard InChI is InChI=1S/C18H21NO2/c1-3-4-5-14-6-8-16(9-7-14)19-13-15-12-17(21-2)10-11-18(15)20/h6-13,20H,3-5H2,1-2H3. The highest BCUT2D eigenvalue weighted by atomic mass is 16.5. The molecule has 0 fully saturated rings. The summed E-state index contributed by atoms with van der Waals surface area (Å²) in [5.74, 6) is 0.892. The van der Waals surface area contributed by atoms with Gasteiger partial charge >= 0.3 is 0 Å². The second-order valence-corrected chi connectivity index (χ2v) is 4.95. The van der Waals surface area contributed by atoms with E-state index in [1.54, 1.807) is 31.5 Å². The van der Waals surface area contributed by atoms with Crippen LogP contribution in [0.1, 0.15) is 30.9 Å². The van der Waals surface area contributed by atoms with E-state index in [1.807, 2.05) is 12.1 Å². The topological polar surface area (TPSA) is 41.8 Å². The maximum Gasteiger partial charge on any atom is 0.124 e. The fourth-order valence-electron chi connectivity index (χ4n) is 2.04. The molecule has 0 atom stereocenters. The van der Waals surface area contributed by atoms with E-state index in [0.717, 1.165) is 12.1 Å². The van der Waals surface area contributed by atoms with Gasteiger partial charge in [-0.1, -0.05) is 25.5 Å². The van der Waals surface area contributed by atoms with Gasteiger partial charge in [-0.3, -0.25) is 4.99 Å². The van der Waals surface area contributed by atoms with E-state index in [9.17, 15) is 5.11 Å². The molecular weight excluding hydrogens is 262 g/mol. The number of aliphatic imine (C=N–C) groups is 1. The Bertz CT molecular complexity index is 603. The average Bonchev–Trinajstić information content (AvgIpc) is 2.53. The number of unbranched alkanes of at least 4 members (excludes halogenated alkanes) is 1. The SMILES string of the molecule is CCCCc1ccc(N=Cc2cc(OC)ccc2O)cc1. The van der Waals surface area contributed by atoms with Gasteiger partial charge in [-0.05, 0) is 48.7 Å². The van der Waals surface area contributed by atoms with E-state index < -0.39 is 0 Å². The van der Waals surface area contributed by atoms with E-state index in [-0.39, 0.29) is 5.75 Å². The van der Waals surface area contributed by atoms with Crippen molar-refractivity contribution < 1.29 is 9.84 Å². The minimum absolute atomic E-state index is 0.194. The highest BCUT2D eigenvalue weighted by molar-refractivity contribution is 5.85. The van der Waals surface area contributed by atoms with Crippen LogP contribution < -0.4 is 4.74 Å². The van der Waals surface area contributed by atoms with Crippen LogP contribution in [0.25, 0.3) is 0 Å². The zero-order chi connectivity index (χ0) is 15.1. The highest BCUT2D eigenvalue weighted by Gasteiger charge is 2.00. The molecule has 1 N–H and O–H groups in total. The largest absolute Gasteiger partial charge is 0.507 e. The van der Waals surface area contributed by atoms with Crippen molar-refractivity contribution in [2.45, 2.75) is 26.2 Å². The molecule has 3 heteroatoms. The van der Waals surface area contributed by atoms with E-state index in [1.165, 1.54) is 18.4 Å². The van der Waals surface area contributed by atoms with Gasteiger partial charge < -0.3 is 9.84 Å². The maximum atomic E-state index is 9.80. The molecule has 0 aliphatic rings. The van der Waals surface area contributed by atoms with Gasteiger partial charge in [0.2, 0.25) is 0 Å². The summed E-state index contributed by atoms with van der Waals surface area (Å²) in [4.78, 5) is 4.39. The Labute approximate surface area is 125 Å². The molecule has 0 aliphatic heterocycles. The molecule has 2 rings (SSSR count). The molecule has 0 saturated heterocycles. The van der Waals surface area contributed by atoms with Crippen molar-refractivity contribution in [2.75, 3.05) is 7.11 Å². The van der Waals surface area contributed by atoms with E-state index in [4.69, 9.17) is 4.74 Å². The molecule has 0 radical (unpaired) electrons. The number of aromatic hydroxyl groups is 1. The van der Waals surface area contributed by atoms with Crippen molar-refractivity contribution in [3.63, 3.8) is 0 Å². The lowest BCUT2D eigenvalue weighted by molar-refractivity contribution is 0.412. The molecule has 2 aromatic carbocycles. The van der Waals surface area contributed by atoms with Crippen molar-refractivity contribution in [1.29, 1.82) is 0 Å². The van der Waals surface area contributed by atoms with Crippen LogP contribution in [-0.4, -0.2) is 18.4 Å². The fraction of sp³-hybridized carbons (Fsp3) is 0.278. The predicted octanol–water partition coefficient (Wildman–Crippen LogP) is 4.49. The number of phenols is 1. The van der Waals surface area contributed by atoms with Crippen LogP contribution in [0.2, 0.25) is 0 Å². The van der Waals surface area contributed by atoms with Gasteiger partial charge in [0.15, 0.2) is 0 Å². The molecule has 2 aromatic rings. The Balaban J connectivity index is 2.10. The van der Waals surface area contributed by atoms with Crippen molar-refractivity contribution in [1.82, 2.24) is 0 Å². The third kappa shape index (κ3) is 4.35. The average molecular weight is 283 g/mol. The smallest absolute Gasteiger partial charge is 0.124 e. The quantitative estimate of drug-likeness (QED) is 0.793. The minimum Gasteiger partial charge on any atom is -0.507 e. The number of rotatable bonds is 6. The maximum absolute atomic E-state index is 9.80. The molecule has 3 nitrogen and oxygen atoms in total. The van der Waals surface area contributed by atoms with Crippen molar-refractivity contribution in [3.8, 4) is 11.5 Å². The second kappa shape index (κ2) is 7.48. The zero-order valence-corrected chi connectivity index (χ0v) is 12.5. The van der Waals surface area contributed by atoms with Gasteiger partial charge in [0.1, 0.15) is 11.5 Å². The van der Waals surface area contributed by atoms with Gasteiger partial charge in [0.05, 0.1) is 12.8 Å². The lowest BCUT2D eigenvalue weighted by atomic mass is 10.1. The predicted molar refractivity (Wildman–Crippen MR) is 87.0 cm³/mol. The summed E-state index contributed by atoms with van der Waals surface area (Å²) in [7, 11) is 1.60. The summed E-state index contributed by atoms with van der Waals surface area (Å²) >= 11 is 0. The van der Waals surface area contributed by atoms with Gasteiger partial charge in [-0.15, -0.1) is 0 Å². The van der Waals surface area contributed by atoms with Gasteiger partial charge in [0.25, 0.3) is 0 Å². The van der Waals surface area contributed by atoms with E-state index in [2.05, 4.69) is 24.0 Å². The molecule has 0 spiro atoms. The fourth-order valence-corrected chi connectivity index (χ4v) is 2.04. The summed E-state index contributed by atoms with van der Waals surface area (Å²) in [6, 6.07) is 13.3. The first-order chi connectivity index (χ1) is 10.2. The van der Waals surface area contributed by atoms with E-state index in [0.29, 0.717) is 11.3 Å². The first-order valence-corrected chi connectivity index (χ1v) is 7.23. The molecule has 0 aromatic heterocycles. The molecule has 0 bridgehead atoms. The number of hydrogen-bond donors (Lipinski definition) is 1. The summed E-state index contributed by atoms with van der Waals surface area (Å²) in [6.07, 6.45) is 5.17. The Hall–Kier alpha value is -2.29. The number of benzene rings is 2. The van der Waals surface area contributed by atoms with Gasteiger partial charge in [0, 0.05) is 11.8 Å². The molecule has 0 aliphatic carbocycles. The number of phenolic OH excluding ortho intramolecular Hbond substituents is 1.